The highest BCUT2D eigenvalue weighted by molar-refractivity contribution is 9.10. The molecule has 0 spiro atoms. The minimum absolute atomic E-state index is 0.0793. The number of alkyl halides is 2. The van der Waals surface area contributed by atoms with Crippen molar-refractivity contribution in [1.29, 1.82) is 0 Å². The van der Waals surface area contributed by atoms with Gasteiger partial charge in [-0.1, -0.05) is 45.7 Å². The van der Waals surface area contributed by atoms with Gasteiger partial charge < -0.3 is 0 Å². The summed E-state index contributed by atoms with van der Waals surface area (Å²) in [6.45, 7) is 4.39. The van der Waals surface area contributed by atoms with Crippen LogP contribution < -0.4 is 0 Å². The summed E-state index contributed by atoms with van der Waals surface area (Å²) in [5, 5.41) is 0.964. The number of hydrogen-bond donors (Lipinski definition) is 0. The summed E-state index contributed by atoms with van der Waals surface area (Å²) in [4.78, 5) is 12.3. The lowest BCUT2D eigenvalue weighted by Crippen LogP contribution is -2.38. The van der Waals surface area contributed by atoms with E-state index in [4.69, 9.17) is 0 Å². The zero-order valence-corrected chi connectivity index (χ0v) is 11.8. The summed E-state index contributed by atoms with van der Waals surface area (Å²) in [6, 6.07) is 0. The highest BCUT2D eigenvalue weighted by Gasteiger charge is 2.68. The molecule has 2 aliphatic carbocycles. The average molecular weight is 324 g/mol. The van der Waals surface area contributed by atoms with Crippen LogP contribution in [0.2, 0.25) is 0 Å². The molecule has 80 valence electrons. The van der Waals surface area contributed by atoms with Crippen molar-refractivity contribution in [2.24, 2.45) is 16.7 Å². The second-order valence-electron chi connectivity index (χ2n) is 4.89. The van der Waals surface area contributed by atoms with Crippen LogP contribution in [-0.2, 0) is 4.79 Å². The molecule has 2 aliphatic rings. The summed E-state index contributed by atoms with van der Waals surface area (Å²) < 4.78 is 0. The average Bonchev–Trinajstić information content (AvgIpc) is 2.56. The van der Waals surface area contributed by atoms with E-state index in [0.29, 0.717) is 11.7 Å². The Kier molecular flexibility index (Phi) is 2.63. The molecule has 3 heteroatoms. The minimum Gasteiger partial charge on any atom is -0.298 e. The molecule has 0 aromatic rings. The Morgan fingerprint density at radius 1 is 1.57 bits per heavy atom. The SMILES string of the molecule is CC[C@@]1(CBr)[C@H]2CC[C@@]1(C)C(=O)[C@H]2Br. The predicted molar refractivity (Wildman–Crippen MR) is 65.1 cm³/mol. The third kappa shape index (κ3) is 0.986. The largest absolute Gasteiger partial charge is 0.298 e. The molecule has 14 heavy (non-hydrogen) atoms. The van der Waals surface area contributed by atoms with E-state index in [9.17, 15) is 4.79 Å². The smallest absolute Gasteiger partial charge is 0.153 e. The van der Waals surface area contributed by atoms with E-state index in [1.165, 1.54) is 6.42 Å². The van der Waals surface area contributed by atoms with E-state index in [-0.39, 0.29) is 15.7 Å². The van der Waals surface area contributed by atoms with Gasteiger partial charge >= 0.3 is 0 Å². The van der Waals surface area contributed by atoms with Gasteiger partial charge in [-0.25, -0.2) is 0 Å². The molecule has 0 radical (unpaired) electrons. The zero-order valence-electron chi connectivity index (χ0n) is 8.65. The maximum Gasteiger partial charge on any atom is 0.153 e. The molecule has 1 nitrogen and oxygen atoms in total. The fourth-order valence-corrected chi connectivity index (χ4v) is 6.36. The van der Waals surface area contributed by atoms with Crippen molar-refractivity contribution in [3.8, 4) is 0 Å². The topological polar surface area (TPSA) is 17.1 Å². The molecule has 0 unspecified atom stereocenters. The Labute approximate surface area is 102 Å². The number of carbonyl (C=O) groups is 1. The number of ketones is 1. The second-order valence-corrected chi connectivity index (χ2v) is 6.43. The first-order chi connectivity index (χ1) is 6.53. The van der Waals surface area contributed by atoms with Crippen LogP contribution in [0.25, 0.3) is 0 Å². The van der Waals surface area contributed by atoms with Crippen LogP contribution in [0.4, 0.5) is 0 Å². The van der Waals surface area contributed by atoms with Crippen LogP contribution >= 0.6 is 31.9 Å². The third-order valence-corrected chi connectivity index (χ3v) is 6.84. The van der Waals surface area contributed by atoms with E-state index in [2.05, 4.69) is 45.7 Å². The van der Waals surface area contributed by atoms with Crippen molar-refractivity contribution in [3.63, 3.8) is 0 Å². The first kappa shape index (κ1) is 11.1. The summed E-state index contributed by atoms with van der Waals surface area (Å²) >= 11 is 7.21. The molecule has 2 fully saturated rings. The van der Waals surface area contributed by atoms with Gasteiger partial charge in [-0.2, -0.15) is 0 Å². The van der Waals surface area contributed by atoms with Gasteiger partial charge in [0, 0.05) is 10.7 Å². The van der Waals surface area contributed by atoms with Gasteiger partial charge in [0.15, 0.2) is 5.78 Å². The second kappa shape index (κ2) is 3.31. The van der Waals surface area contributed by atoms with E-state index in [1.54, 1.807) is 0 Å². The fourth-order valence-electron chi connectivity index (χ4n) is 3.65. The van der Waals surface area contributed by atoms with Crippen LogP contribution in [0.15, 0.2) is 0 Å². The first-order valence-electron chi connectivity index (χ1n) is 5.28. The van der Waals surface area contributed by atoms with Crippen molar-refractivity contribution in [3.05, 3.63) is 0 Å². The Morgan fingerprint density at radius 2 is 2.21 bits per heavy atom. The van der Waals surface area contributed by atoms with Gasteiger partial charge in [0.25, 0.3) is 0 Å². The molecular weight excluding hydrogens is 308 g/mol. The van der Waals surface area contributed by atoms with Crippen molar-refractivity contribution < 1.29 is 4.79 Å². The zero-order chi connectivity index (χ0) is 10.6. The molecule has 0 aliphatic heterocycles. The van der Waals surface area contributed by atoms with Crippen molar-refractivity contribution in [1.82, 2.24) is 0 Å². The van der Waals surface area contributed by atoms with Crippen LogP contribution in [-0.4, -0.2) is 15.9 Å². The fraction of sp³-hybridized carbons (Fsp3) is 0.909. The monoisotopic (exact) mass is 322 g/mol. The van der Waals surface area contributed by atoms with Gasteiger partial charge in [0.2, 0.25) is 0 Å². The molecule has 0 N–H and O–H groups in total. The molecule has 2 rings (SSSR count). The van der Waals surface area contributed by atoms with Crippen molar-refractivity contribution in [2.45, 2.75) is 37.9 Å². The molecule has 0 aromatic carbocycles. The maximum atomic E-state index is 12.2. The highest BCUT2D eigenvalue weighted by Crippen LogP contribution is 2.67. The van der Waals surface area contributed by atoms with Gasteiger partial charge in [0.05, 0.1) is 4.83 Å². The quantitative estimate of drug-likeness (QED) is 0.710. The maximum absolute atomic E-state index is 12.2. The Bertz CT molecular complexity index is 272. The lowest BCUT2D eigenvalue weighted by atomic mass is 9.67. The van der Waals surface area contributed by atoms with E-state index in [0.717, 1.165) is 18.2 Å². The third-order valence-electron chi connectivity index (χ3n) is 4.78. The predicted octanol–water partition coefficient (Wildman–Crippen LogP) is 3.54. The summed E-state index contributed by atoms with van der Waals surface area (Å²) in [5.74, 6) is 0.986. The van der Waals surface area contributed by atoms with E-state index >= 15 is 0 Å². The van der Waals surface area contributed by atoms with Crippen molar-refractivity contribution >= 4 is 37.6 Å². The number of halogens is 2. The highest BCUT2D eigenvalue weighted by atomic mass is 79.9. The lowest BCUT2D eigenvalue weighted by Gasteiger charge is -2.37. The summed E-state index contributed by atoms with van der Waals surface area (Å²) in [7, 11) is 0. The standard InChI is InChI=1S/C11H16Br2O/c1-3-11(6-12)7-4-5-10(11,2)9(14)8(7)13/h7-8H,3-6H2,1-2H3/t7-,8-,10-,11+/m0/s1. The molecule has 0 amide bonds. The Morgan fingerprint density at radius 3 is 2.50 bits per heavy atom. The van der Waals surface area contributed by atoms with Crippen LogP contribution in [0, 0.1) is 16.7 Å². The summed E-state index contributed by atoms with van der Waals surface area (Å²) in [5.41, 5.74) is 0.127. The number of carbonyl (C=O) groups excluding carboxylic acids is 1. The van der Waals surface area contributed by atoms with E-state index < -0.39 is 0 Å². The Hall–Kier alpha value is 0.630. The molecule has 0 heterocycles. The van der Waals surface area contributed by atoms with Gasteiger partial charge in [-0.3, -0.25) is 4.79 Å². The number of fused-ring (bicyclic) bond motifs is 2. The van der Waals surface area contributed by atoms with Crippen LogP contribution in [0.1, 0.15) is 33.1 Å². The Balaban J connectivity index is 2.50. The molecule has 2 saturated carbocycles. The lowest BCUT2D eigenvalue weighted by molar-refractivity contribution is -0.128. The van der Waals surface area contributed by atoms with Gasteiger partial charge in [0.1, 0.15) is 0 Å². The number of rotatable bonds is 2. The van der Waals surface area contributed by atoms with Crippen molar-refractivity contribution in [2.75, 3.05) is 5.33 Å². The van der Waals surface area contributed by atoms with Gasteiger partial charge in [-0.15, -0.1) is 0 Å². The molecular formula is C11H16Br2O. The molecule has 0 aromatic heterocycles. The van der Waals surface area contributed by atoms with E-state index in [1.807, 2.05) is 0 Å². The summed E-state index contributed by atoms with van der Waals surface area (Å²) in [6.07, 6.45) is 3.39. The molecule has 0 saturated heterocycles. The number of Topliss-reactive ketones (excluding diaryl/α,β-unsaturated/α-hetero) is 1. The van der Waals surface area contributed by atoms with Crippen LogP contribution in [0.5, 0.6) is 0 Å². The number of hydrogen-bond acceptors (Lipinski definition) is 1. The van der Waals surface area contributed by atoms with Gasteiger partial charge in [-0.05, 0) is 30.6 Å². The minimum atomic E-state index is -0.0793. The molecule has 4 atom stereocenters. The normalized spacial score (nSPS) is 51.6. The first-order valence-corrected chi connectivity index (χ1v) is 7.31. The molecule has 2 bridgehead atoms. The van der Waals surface area contributed by atoms with Crippen LogP contribution in [0.3, 0.4) is 0 Å².